The fourth-order valence-corrected chi connectivity index (χ4v) is 3.55. The molecule has 1 saturated carbocycles. The summed E-state index contributed by atoms with van der Waals surface area (Å²) in [6, 6.07) is 0. The van der Waals surface area contributed by atoms with Gasteiger partial charge in [-0.05, 0) is 36.5 Å². The van der Waals surface area contributed by atoms with Crippen LogP contribution in [-0.2, 0) is 16.1 Å². The summed E-state index contributed by atoms with van der Waals surface area (Å²) >= 11 is 0. The number of aromatic nitrogens is 3. The van der Waals surface area contributed by atoms with Gasteiger partial charge in [0.05, 0.1) is 13.0 Å². The second-order valence-electron chi connectivity index (χ2n) is 6.66. The molecular formula is C15H25N3O2. The van der Waals surface area contributed by atoms with Crippen LogP contribution in [0.4, 0.5) is 0 Å². The van der Waals surface area contributed by atoms with E-state index in [-0.39, 0.29) is 22.7 Å². The van der Waals surface area contributed by atoms with Crippen LogP contribution in [0, 0.1) is 16.7 Å². The molecule has 0 spiro atoms. The van der Waals surface area contributed by atoms with Crippen LogP contribution in [0.25, 0.3) is 0 Å². The summed E-state index contributed by atoms with van der Waals surface area (Å²) in [5, 5.41) is 4.13. The van der Waals surface area contributed by atoms with E-state index in [0.29, 0.717) is 0 Å². The molecule has 5 nitrogen and oxygen atoms in total. The van der Waals surface area contributed by atoms with Crippen molar-refractivity contribution in [3.05, 3.63) is 12.7 Å². The van der Waals surface area contributed by atoms with Gasteiger partial charge in [0.2, 0.25) is 0 Å². The van der Waals surface area contributed by atoms with E-state index in [9.17, 15) is 4.79 Å². The van der Waals surface area contributed by atoms with Gasteiger partial charge in [0.15, 0.2) is 0 Å². The molecule has 0 aliphatic heterocycles. The van der Waals surface area contributed by atoms with Crippen molar-refractivity contribution in [1.82, 2.24) is 14.8 Å². The summed E-state index contributed by atoms with van der Waals surface area (Å²) in [7, 11) is 1.48. The van der Waals surface area contributed by atoms with E-state index in [4.69, 9.17) is 4.74 Å². The maximum Gasteiger partial charge on any atom is 0.309 e. The van der Waals surface area contributed by atoms with Gasteiger partial charge < -0.3 is 4.74 Å². The first-order valence-corrected chi connectivity index (χ1v) is 7.31. The lowest BCUT2D eigenvalue weighted by molar-refractivity contribution is -0.150. The highest BCUT2D eigenvalue weighted by atomic mass is 16.5. The van der Waals surface area contributed by atoms with Gasteiger partial charge in [0.25, 0.3) is 0 Å². The van der Waals surface area contributed by atoms with Crippen LogP contribution in [0.3, 0.4) is 0 Å². The van der Waals surface area contributed by atoms with Crippen molar-refractivity contribution in [2.75, 3.05) is 7.11 Å². The van der Waals surface area contributed by atoms with E-state index in [2.05, 4.69) is 30.9 Å². The third kappa shape index (κ3) is 2.58. The van der Waals surface area contributed by atoms with Crippen LogP contribution >= 0.6 is 0 Å². The first-order chi connectivity index (χ1) is 9.40. The van der Waals surface area contributed by atoms with Crippen LogP contribution in [0.1, 0.15) is 46.5 Å². The molecule has 0 saturated heterocycles. The summed E-state index contributed by atoms with van der Waals surface area (Å²) in [5.74, 6) is -0.0427. The summed E-state index contributed by atoms with van der Waals surface area (Å²) < 4.78 is 6.83. The largest absolute Gasteiger partial charge is 0.469 e. The molecule has 0 N–H and O–H groups in total. The Morgan fingerprint density at radius 3 is 2.80 bits per heavy atom. The first-order valence-electron chi connectivity index (χ1n) is 7.31. The van der Waals surface area contributed by atoms with Crippen LogP contribution in [0.15, 0.2) is 12.7 Å². The predicted octanol–water partition coefficient (Wildman–Crippen LogP) is 2.67. The predicted molar refractivity (Wildman–Crippen MR) is 75.9 cm³/mol. The van der Waals surface area contributed by atoms with Crippen molar-refractivity contribution in [2.24, 2.45) is 16.7 Å². The minimum atomic E-state index is -0.0602. The van der Waals surface area contributed by atoms with Crippen molar-refractivity contribution >= 4 is 5.97 Å². The molecular weight excluding hydrogens is 254 g/mol. The Morgan fingerprint density at radius 2 is 2.20 bits per heavy atom. The highest BCUT2D eigenvalue weighted by molar-refractivity contribution is 5.73. The van der Waals surface area contributed by atoms with Gasteiger partial charge >= 0.3 is 5.97 Å². The van der Waals surface area contributed by atoms with Gasteiger partial charge in [-0.3, -0.25) is 9.48 Å². The van der Waals surface area contributed by atoms with Gasteiger partial charge in [0, 0.05) is 6.54 Å². The van der Waals surface area contributed by atoms with Gasteiger partial charge in [-0.1, -0.05) is 20.8 Å². The van der Waals surface area contributed by atoms with E-state index in [1.807, 2.05) is 4.68 Å². The fourth-order valence-electron chi connectivity index (χ4n) is 3.55. The first kappa shape index (κ1) is 15.0. The third-order valence-corrected chi connectivity index (χ3v) is 5.48. The van der Waals surface area contributed by atoms with Gasteiger partial charge in [-0.25, -0.2) is 4.98 Å². The lowest BCUT2D eigenvalue weighted by Gasteiger charge is -2.41. The van der Waals surface area contributed by atoms with Crippen LogP contribution < -0.4 is 0 Å². The number of aryl methyl sites for hydroxylation is 1. The number of carbonyl (C=O) groups is 1. The van der Waals surface area contributed by atoms with Gasteiger partial charge in [0.1, 0.15) is 12.7 Å². The number of esters is 1. The summed E-state index contributed by atoms with van der Waals surface area (Å²) in [6.45, 7) is 7.60. The monoisotopic (exact) mass is 279 g/mol. The molecule has 1 aliphatic rings. The zero-order valence-corrected chi connectivity index (χ0v) is 12.9. The molecule has 2 atom stereocenters. The van der Waals surface area contributed by atoms with Crippen LogP contribution in [0.2, 0.25) is 0 Å². The van der Waals surface area contributed by atoms with Crippen molar-refractivity contribution in [3.8, 4) is 0 Å². The zero-order valence-electron chi connectivity index (χ0n) is 12.9. The van der Waals surface area contributed by atoms with E-state index < -0.39 is 0 Å². The Hall–Kier alpha value is -1.39. The Balaban J connectivity index is 1.97. The number of hydrogen-bond donors (Lipinski definition) is 0. The van der Waals surface area contributed by atoms with Gasteiger partial charge in [-0.15, -0.1) is 0 Å². The molecule has 0 unspecified atom stereocenters. The zero-order chi connectivity index (χ0) is 14.8. The van der Waals surface area contributed by atoms with Crippen molar-refractivity contribution in [1.29, 1.82) is 0 Å². The molecule has 1 aromatic rings. The number of hydrogen-bond acceptors (Lipinski definition) is 4. The summed E-state index contributed by atoms with van der Waals surface area (Å²) in [5.41, 5.74) is 0.148. The number of nitrogens with zero attached hydrogens (tertiary/aromatic N) is 3. The standard InChI is InChI=1S/C15H25N3O2/c1-14(2)12(13(19)20-4)6-8-15(14,3)7-5-9-18-11-16-10-17-18/h10-12H,5-9H2,1-4H3/t12-,15-/m1/s1. The molecule has 0 radical (unpaired) electrons. The topological polar surface area (TPSA) is 57.0 Å². The highest BCUT2D eigenvalue weighted by Crippen LogP contribution is 2.58. The smallest absolute Gasteiger partial charge is 0.309 e. The lowest BCUT2D eigenvalue weighted by Crippen LogP contribution is -2.38. The number of methoxy groups -OCH3 is 1. The minimum absolute atomic E-state index is 0.0175. The average molecular weight is 279 g/mol. The van der Waals surface area contributed by atoms with Crippen molar-refractivity contribution in [3.63, 3.8) is 0 Å². The third-order valence-electron chi connectivity index (χ3n) is 5.48. The number of ether oxygens (including phenoxy) is 1. The quantitative estimate of drug-likeness (QED) is 0.778. The molecule has 1 heterocycles. The van der Waals surface area contributed by atoms with E-state index in [1.54, 1.807) is 12.7 Å². The maximum absolute atomic E-state index is 11.9. The molecule has 0 amide bonds. The number of rotatable bonds is 5. The average Bonchev–Trinajstić information content (AvgIpc) is 2.98. The van der Waals surface area contributed by atoms with Crippen LogP contribution in [-0.4, -0.2) is 27.8 Å². The normalized spacial score (nSPS) is 28.5. The second-order valence-corrected chi connectivity index (χ2v) is 6.66. The maximum atomic E-state index is 11.9. The Morgan fingerprint density at radius 1 is 1.45 bits per heavy atom. The van der Waals surface area contributed by atoms with Gasteiger partial charge in [-0.2, -0.15) is 5.10 Å². The van der Waals surface area contributed by atoms with Crippen molar-refractivity contribution in [2.45, 2.75) is 53.0 Å². The van der Waals surface area contributed by atoms with E-state index >= 15 is 0 Å². The molecule has 1 fully saturated rings. The molecule has 1 aliphatic carbocycles. The SMILES string of the molecule is COC(=O)[C@H]1CC[C@@](C)(CCCn2cncn2)C1(C)C. The second kappa shape index (κ2) is 5.54. The van der Waals surface area contributed by atoms with Crippen LogP contribution in [0.5, 0.6) is 0 Å². The minimum Gasteiger partial charge on any atom is -0.469 e. The van der Waals surface area contributed by atoms with Crippen molar-refractivity contribution < 1.29 is 9.53 Å². The fraction of sp³-hybridized carbons (Fsp3) is 0.800. The Bertz CT molecular complexity index is 456. The summed E-state index contributed by atoms with van der Waals surface area (Å²) in [4.78, 5) is 15.9. The Kier molecular flexibility index (Phi) is 4.16. The molecule has 0 bridgehead atoms. The van der Waals surface area contributed by atoms with E-state index in [0.717, 1.165) is 32.2 Å². The highest BCUT2D eigenvalue weighted by Gasteiger charge is 2.53. The summed E-state index contributed by atoms with van der Waals surface area (Å²) in [6.07, 6.45) is 7.47. The molecule has 2 rings (SSSR count). The Labute approximate surface area is 120 Å². The number of carbonyl (C=O) groups excluding carboxylic acids is 1. The molecule has 1 aromatic heterocycles. The molecule has 20 heavy (non-hydrogen) atoms. The molecule has 112 valence electrons. The molecule has 5 heteroatoms. The molecule has 0 aromatic carbocycles. The van der Waals surface area contributed by atoms with E-state index in [1.165, 1.54) is 7.11 Å². The lowest BCUT2D eigenvalue weighted by atomic mass is 9.64.